The fraction of sp³-hybridized carbons (Fsp3) is 0.571. The van der Waals surface area contributed by atoms with Crippen molar-refractivity contribution in [2.75, 3.05) is 19.7 Å². The first-order valence-corrected chi connectivity index (χ1v) is 8.09. The van der Waals surface area contributed by atoms with Crippen LogP contribution >= 0.6 is 11.8 Å². The molecule has 0 aromatic carbocycles. The van der Waals surface area contributed by atoms with Crippen molar-refractivity contribution in [3.05, 3.63) is 24.2 Å². The van der Waals surface area contributed by atoms with Crippen LogP contribution in [0, 0.1) is 5.92 Å². The normalized spacial score (nSPS) is 23.0. The van der Waals surface area contributed by atoms with Gasteiger partial charge in [-0.15, -0.1) is 10.2 Å². The maximum Gasteiger partial charge on any atom is 0.198 e. The van der Waals surface area contributed by atoms with E-state index < -0.39 is 6.10 Å². The van der Waals surface area contributed by atoms with Crippen LogP contribution in [0.25, 0.3) is 0 Å². The summed E-state index contributed by atoms with van der Waals surface area (Å²) in [5.74, 6) is 0.856. The van der Waals surface area contributed by atoms with Gasteiger partial charge in [-0.3, -0.25) is 4.90 Å². The summed E-state index contributed by atoms with van der Waals surface area (Å²) in [6.45, 7) is 2.13. The lowest BCUT2D eigenvalue weighted by Crippen LogP contribution is -2.44. The first kappa shape index (κ1) is 15.5. The van der Waals surface area contributed by atoms with Gasteiger partial charge in [0.1, 0.15) is 12.1 Å². The average Bonchev–Trinajstić information content (AvgIpc) is 3.10. The summed E-state index contributed by atoms with van der Waals surface area (Å²) in [4.78, 5) is 2.15. The van der Waals surface area contributed by atoms with Crippen molar-refractivity contribution in [2.24, 2.45) is 13.0 Å². The second-order valence-corrected chi connectivity index (χ2v) is 6.55. The zero-order valence-corrected chi connectivity index (χ0v) is 13.2. The number of rotatable bonds is 5. The van der Waals surface area contributed by atoms with E-state index in [9.17, 15) is 10.2 Å². The Balaban J connectivity index is 1.57. The number of aromatic nitrogens is 3. The predicted molar refractivity (Wildman–Crippen MR) is 80.3 cm³/mol. The SMILES string of the molecule is Cn1cnnc1Sc1ccc(CN2CC[C@H](CO)[C@H](O)C2)o1. The van der Waals surface area contributed by atoms with Gasteiger partial charge in [-0.1, -0.05) is 0 Å². The molecule has 2 atom stereocenters. The zero-order chi connectivity index (χ0) is 15.5. The molecular formula is C14H20N4O3S. The molecule has 0 amide bonds. The van der Waals surface area contributed by atoms with E-state index in [2.05, 4.69) is 15.1 Å². The highest BCUT2D eigenvalue weighted by atomic mass is 32.2. The highest BCUT2D eigenvalue weighted by Gasteiger charge is 2.27. The maximum atomic E-state index is 9.97. The summed E-state index contributed by atoms with van der Waals surface area (Å²) >= 11 is 1.43. The van der Waals surface area contributed by atoms with E-state index in [1.165, 1.54) is 11.8 Å². The Bertz CT molecular complexity index is 615. The molecule has 0 unspecified atom stereocenters. The van der Waals surface area contributed by atoms with Gasteiger partial charge < -0.3 is 19.2 Å². The van der Waals surface area contributed by atoms with E-state index in [4.69, 9.17) is 4.42 Å². The molecule has 8 heteroatoms. The van der Waals surface area contributed by atoms with Crippen molar-refractivity contribution < 1.29 is 14.6 Å². The van der Waals surface area contributed by atoms with Crippen LogP contribution in [0.15, 0.2) is 33.1 Å². The minimum absolute atomic E-state index is 0.00474. The molecule has 1 fully saturated rings. The van der Waals surface area contributed by atoms with E-state index in [0.717, 1.165) is 29.0 Å². The third-order valence-electron chi connectivity index (χ3n) is 3.92. The van der Waals surface area contributed by atoms with E-state index in [1.54, 1.807) is 6.33 Å². The highest BCUT2D eigenvalue weighted by molar-refractivity contribution is 7.99. The molecule has 2 N–H and O–H groups in total. The minimum Gasteiger partial charge on any atom is -0.453 e. The summed E-state index contributed by atoms with van der Waals surface area (Å²) in [6.07, 6.45) is 1.99. The van der Waals surface area contributed by atoms with Gasteiger partial charge in [-0.05, 0) is 36.9 Å². The first-order chi connectivity index (χ1) is 10.7. The molecule has 0 spiro atoms. The van der Waals surface area contributed by atoms with E-state index in [0.29, 0.717) is 13.1 Å². The van der Waals surface area contributed by atoms with Crippen LogP contribution in [0.2, 0.25) is 0 Å². The fourth-order valence-electron chi connectivity index (χ4n) is 2.58. The van der Waals surface area contributed by atoms with Gasteiger partial charge in [0.2, 0.25) is 0 Å². The first-order valence-electron chi connectivity index (χ1n) is 7.27. The number of nitrogens with zero attached hydrogens (tertiary/aromatic N) is 4. The number of β-amino-alcohol motifs (C(OH)–C–C–N with tert-alkyl or cyclic N) is 1. The number of piperidine rings is 1. The van der Waals surface area contributed by atoms with Crippen LogP contribution in [-0.4, -0.2) is 55.7 Å². The van der Waals surface area contributed by atoms with Crippen molar-refractivity contribution in [1.29, 1.82) is 0 Å². The number of aryl methyl sites for hydroxylation is 1. The van der Waals surface area contributed by atoms with Crippen LogP contribution in [0.4, 0.5) is 0 Å². The number of aliphatic hydroxyl groups excluding tert-OH is 2. The molecule has 3 rings (SSSR count). The van der Waals surface area contributed by atoms with Gasteiger partial charge in [0.25, 0.3) is 0 Å². The van der Waals surface area contributed by atoms with Crippen molar-refractivity contribution in [3.63, 3.8) is 0 Å². The van der Waals surface area contributed by atoms with Crippen LogP contribution in [0.5, 0.6) is 0 Å². The standard InChI is InChI=1S/C14H20N4O3S/c1-17-9-15-16-14(17)22-13-3-2-11(21-13)6-18-5-4-10(8-19)12(20)7-18/h2-3,9-10,12,19-20H,4-8H2,1H3/t10-,12-/m1/s1. The second-order valence-electron chi connectivity index (χ2n) is 5.58. The number of likely N-dealkylation sites (tertiary alicyclic amines) is 1. The predicted octanol–water partition coefficient (Wildman–Crippen LogP) is 0.734. The molecule has 3 heterocycles. The fourth-order valence-corrected chi connectivity index (χ4v) is 3.32. The van der Waals surface area contributed by atoms with Crippen LogP contribution in [0.1, 0.15) is 12.2 Å². The summed E-state index contributed by atoms with van der Waals surface area (Å²) in [5.41, 5.74) is 0. The van der Waals surface area contributed by atoms with Gasteiger partial charge >= 0.3 is 0 Å². The van der Waals surface area contributed by atoms with Crippen molar-refractivity contribution in [3.8, 4) is 0 Å². The quantitative estimate of drug-likeness (QED) is 0.838. The summed E-state index contributed by atoms with van der Waals surface area (Å²) < 4.78 is 7.65. The Kier molecular flexibility index (Phi) is 4.82. The molecule has 2 aromatic heterocycles. The molecular weight excluding hydrogens is 304 g/mol. The number of hydrogen-bond donors (Lipinski definition) is 2. The monoisotopic (exact) mass is 324 g/mol. The van der Waals surface area contributed by atoms with Crippen LogP contribution < -0.4 is 0 Å². The lowest BCUT2D eigenvalue weighted by molar-refractivity contribution is -0.00647. The Hall–Kier alpha value is -1.35. The maximum absolute atomic E-state index is 9.97. The minimum atomic E-state index is -0.471. The Morgan fingerprint density at radius 2 is 2.32 bits per heavy atom. The van der Waals surface area contributed by atoms with Gasteiger partial charge in [-0.2, -0.15) is 0 Å². The van der Waals surface area contributed by atoms with Gasteiger partial charge in [0.15, 0.2) is 10.2 Å². The average molecular weight is 324 g/mol. The number of aliphatic hydroxyl groups is 2. The summed E-state index contributed by atoms with van der Waals surface area (Å²) in [5, 5.41) is 28.5. The molecule has 1 saturated heterocycles. The summed E-state index contributed by atoms with van der Waals surface area (Å²) in [7, 11) is 1.89. The van der Waals surface area contributed by atoms with E-state index in [1.807, 2.05) is 23.7 Å². The second kappa shape index (κ2) is 6.82. The topological polar surface area (TPSA) is 87.6 Å². The number of hydrogen-bond acceptors (Lipinski definition) is 7. The van der Waals surface area contributed by atoms with Gasteiger partial charge in [-0.25, -0.2) is 0 Å². The largest absolute Gasteiger partial charge is 0.453 e. The third-order valence-corrected chi connectivity index (χ3v) is 4.89. The molecule has 0 bridgehead atoms. The molecule has 1 aliphatic rings. The lowest BCUT2D eigenvalue weighted by atomic mass is 9.95. The molecule has 22 heavy (non-hydrogen) atoms. The van der Waals surface area contributed by atoms with E-state index >= 15 is 0 Å². The molecule has 0 saturated carbocycles. The molecule has 2 aromatic rings. The third kappa shape index (κ3) is 3.52. The number of furan rings is 1. The molecule has 120 valence electrons. The smallest absolute Gasteiger partial charge is 0.198 e. The van der Waals surface area contributed by atoms with Gasteiger partial charge in [0, 0.05) is 26.1 Å². The van der Waals surface area contributed by atoms with Crippen molar-refractivity contribution in [2.45, 2.75) is 29.3 Å². The van der Waals surface area contributed by atoms with Crippen molar-refractivity contribution >= 4 is 11.8 Å². The molecule has 7 nitrogen and oxygen atoms in total. The summed E-state index contributed by atoms with van der Waals surface area (Å²) in [6, 6.07) is 3.87. The Morgan fingerprint density at radius 1 is 1.45 bits per heavy atom. The van der Waals surface area contributed by atoms with Gasteiger partial charge in [0.05, 0.1) is 12.6 Å². The highest BCUT2D eigenvalue weighted by Crippen LogP contribution is 2.28. The molecule has 0 aliphatic carbocycles. The Morgan fingerprint density at radius 3 is 3.00 bits per heavy atom. The van der Waals surface area contributed by atoms with Crippen LogP contribution in [0.3, 0.4) is 0 Å². The lowest BCUT2D eigenvalue weighted by Gasteiger charge is -2.34. The van der Waals surface area contributed by atoms with Crippen molar-refractivity contribution in [1.82, 2.24) is 19.7 Å². The molecule has 0 radical (unpaired) electrons. The zero-order valence-electron chi connectivity index (χ0n) is 12.4. The van der Waals surface area contributed by atoms with Crippen LogP contribution in [-0.2, 0) is 13.6 Å². The molecule has 1 aliphatic heterocycles. The Labute approximate surface area is 132 Å². The van der Waals surface area contributed by atoms with E-state index in [-0.39, 0.29) is 12.5 Å².